The Labute approximate surface area is 104 Å². The van der Waals surface area contributed by atoms with E-state index in [9.17, 15) is 0 Å². The molecule has 17 heavy (non-hydrogen) atoms. The van der Waals surface area contributed by atoms with Gasteiger partial charge in [0.25, 0.3) is 0 Å². The maximum atomic E-state index is 4.06. The molecule has 0 fully saturated rings. The van der Waals surface area contributed by atoms with E-state index < -0.39 is 5.41 Å². The van der Waals surface area contributed by atoms with Crippen LogP contribution in [0.5, 0.6) is 0 Å². The molecule has 0 unspecified atom stereocenters. The lowest BCUT2D eigenvalue weighted by Crippen LogP contribution is -2.21. The van der Waals surface area contributed by atoms with Crippen LogP contribution in [-0.2, 0) is 0 Å². The van der Waals surface area contributed by atoms with Gasteiger partial charge in [-0.1, -0.05) is 60.7 Å². The Bertz CT molecular complexity index is 409. The fraction of sp³-hybridized carbons (Fsp3) is 0.0588. The first-order chi connectivity index (χ1) is 8.09. The van der Waals surface area contributed by atoms with Crippen LogP contribution in [0.4, 0.5) is 0 Å². The van der Waals surface area contributed by atoms with Crippen molar-refractivity contribution in [2.24, 2.45) is 5.41 Å². The highest BCUT2D eigenvalue weighted by Gasteiger charge is 2.28. The molecule has 2 aromatic rings. The average Bonchev–Trinajstić information content (AvgIpc) is 2.30. The van der Waals surface area contributed by atoms with Gasteiger partial charge in [-0.2, -0.15) is 0 Å². The second kappa shape index (κ2) is 4.75. The third kappa shape index (κ3) is 2.76. The van der Waals surface area contributed by atoms with E-state index in [1.807, 2.05) is 36.4 Å². The third-order valence-corrected chi connectivity index (χ3v) is 2.66. The van der Waals surface area contributed by atoms with Gasteiger partial charge < -0.3 is 0 Å². The van der Waals surface area contributed by atoms with Crippen molar-refractivity contribution in [3.63, 3.8) is 0 Å². The molecule has 0 heterocycles. The van der Waals surface area contributed by atoms with Gasteiger partial charge in [0.1, 0.15) is 0 Å². The molecular weight excluding hydrogens is 204 g/mol. The lowest BCUT2D eigenvalue weighted by atomic mass is 9.73. The predicted octanol–water partition coefficient (Wildman–Crippen LogP) is 4.15. The van der Waals surface area contributed by atoms with Crippen LogP contribution in [0.2, 0.25) is 0 Å². The van der Waals surface area contributed by atoms with Crippen molar-refractivity contribution in [2.75, 3.05) is 0 Å². The van der Waals surface area contributed by atoms with Crippen LogP contribution in [0.25, 0.3) is 0 Å². The van der Waals surface area contributed by atoms with Gasteiger partial charge in [0.15, 0.2) is 0 Å². The van der Waals surface area contributed by atoms with Crippen molar-refractivity contribution in [1.82, 2.24) is 0 Å². The maximum Gasteiger partial charge on any atom is 0.0401 e. The summed E-state index contributed by atoms with van der Waals surface area (Å²) in [5.74, 6) is 1.07. The minimum Gasteiger partial charge on any atom is -0.0622 e. The van der Waals surface area contributed by atoms with E-state index in [0.29, 0.717) is 0 Å². The summed E-state index contributed by atoms with van der Waals surface area (Å²) in [7, 11) is 0. The van der Waals surface area contributed by atoms with E-state index >= 15 is 0 Å². The molecule has 2 aromatic carbocycles. The Kier molecular flexibility index (Phi) is 3.33. The molecule has 0 aliphatic rings. The van der Waals surface area contributed by atoms with E-state index in [4.69, 9.17) is 0 Å². The molecule has 0 aliphatic carbocycles. The molecule has 0 spiro atoms. The van der Waals surface area contributed by atoms with E-state index in [1.165, 1.54) is 0 Å². The monoisotopic (exact) mass is 220 g/mol. The van der Waals surface area contributed by atoms with E-state index in [1.54, 1.807) is 0 Å². The van der Waals surface area contributed by atoms with E-state index in [0.717, 1.165) is 17.0 Å². The Balaban J connectivity index is 2.48. The van der Waals surface area contributed by atoms with Gasteiger partial charge in [-0.05, 0) is 37.3 Å². The summed E-state index contributed by atoms with van der Waals surface area (Å²) in [6.07, 6.45) is 0. The Hall–Kier alpha value is -1.56. The van der Waals surface area contributed by atoms with Crippen LogP contribution >= 0.6 is 0 Å². The molecule has 84 valence electrons. The van der Waals surface area contributed by atoms with E-state index in [2.05, 4.69) is 45.0 Å². The standard InChI is InChI=1S/C17H16/c1-17(2,3)16(14-10-6-4-7-11-14)15-12-8-5-9-13-15/h4-13H,1-3H2. The first kappa shape index (κ1) is 11.9. The van der Waals surface area contributed by atoms with Gasteiger partial charge in [0.05, 0.1) is 0 Å². The lowest BCUT2D eigenvalue weighted by Gasteiger charge is -2.30. The van der Waals surface area contributed by atoms with Crippen molar-refractivity contribution in [1.29, 1.82) is 0 Å². The molecule has 0 aliphatic heterocycles. The highest BCUT2D eigenvalue weighted by atomic mass is 14.3. The SMILES string of the molecule is [CH2]C([CH2])([CH2])[C](c1ccccc1)c1ccccc1. The van der Waals surface area contributed by atoms with Gasteiger partial charge in [0, 0.05) is 5.92 Å². The molecule has 0 amide bonds. The first-order valence-corrected chi connectivity index (χ1v) is 5.63. The Morgan fingerprint density at radius 1 is 0.647 bits per heavy atom. The van der Waals surface area contributed by atoms with Crippen LogP contribution in [0.3, 0.4) is 0 Å². The number of rotatable bonds is 3. The van der Waals surface area contributed by atoms with Crippen molar-refractivity contribution in [3.8, 4) is 0 Å². The van der Waals surface area contributed by atoms with Gasteiger partial charge in [-0.15, -0.1) is 0 Å². The summed E-state index contributed by atoms with van der Waals surface area (Å²) in [4.78, 5) is 0. The van der Waals surface area contributed by atoms with E-state index in [-0.39, 0.29) is 0 Å². The minimum atomic E-state index is -0.608. The molecule has 4 radical (unpaired) electrons. The molecular formula is C17H16. The molecule has 0 aromatic heterocycles. The van der Waals surface area contributed by atoms with Gasteiger partial charge in [-0.3, -0.25) is 0 Å². The number of hydrogen-bond donors (Lipinski definition) is 0. The highest BCUT2D eigenvalue weighted by Crippen LogP contribution is 2.38. The summed E-state index contributed by atoms with van der Waals surface area (Å²) in [5, 5.41) is 0. The van der Waals surface area contributed by atoms with Crippen molar-refractivity contribution < 1.29 is 0 Å². The normalized spacial score (nSPS) is 11.8. The fourth-order valence-corrected chi connectivity index (χ4v) is 1.99. The number of hydrogen-bond acceptors (Lipinski definition) is 0. The minimum absolute atomic E-state index is 0.608. The zero-order valence-corrected chi connectivity index (χ0v) is 9.89. The van der Waals surface area contributed by atoms with Gasteiger partial charge in [0.2, 0.25) is 0 Å². The molecule has 2 rings (SSSR count). The van der Waals surface area contributed by atoms with Crippen LogP contribution in [0.15, 0.2) is 60.7 Å². The number of benzene rings is 2. The highest BCUT2D eigenvalue weighted by molar-refractivity contribution is 5.50. The van der Waals surface area contributed by atoms with Gasteiger partial charge >= 0.3 is 0 Å². The fourth-order valence-electron chi connectivity index (χ4n) is 1.99. The second-order valence-corrected chi connectivity index (χ2v) is 4.39. The van der Waals surface area contributed by atoms with Crippen molar-refractivity contribution in [3.05, 3.63) is 98.5 Å². The average molecular weight is 220 g/mol. The molecule has 0 saturated carbocycles. The molecule has 0 atom stereocenters. The van der Waals surface area contributed by atoms with Crippen LogP contribution in [0, 0.1) is 32.1 Å². The summed E-state index contributed by atoms with van der Waals surface area (Å²) in [5.41, 5.74) is 1.64. The molecule has 0 bridgehead atoms. The molecule has 0 heteroatoms. The smallest absolute Gasteiger partial charge is 0.0401 e. The lowest BCUT2D eigenvalue weighted by molar-refractivity contribution is 0.675. The van der Waals surface area contributed by atoms with Crippen molar-refractivity contribution in [2.45, 2.75) is 0 Å². The molecule has 0 nitrogen and oxygen atoms in total. The summed E-state index contributed by atoms with van der Waals surface area (Å²) >= 11 is 0. The van der Waals surface area contributed by atoms with Crippen LogP contribution < -0.4 is 0 Å². The quantitative estimate of drug-likeness (QED) is 0.729. The largest absolute Gasteiger partial charge is 0.0622 e. The molecule has 0 saturated heterocycles. The topological polar surface area (TPSA) is 0 Å². The third-order valence-electron chi connectivity index (χ3n) is 2.66. The molecule has 0 N–H and O–H groups in total. The zero-order valence-electron chi connectivity index (χ0n) is 9.89. The summed E-state index contributed by atoms with van der Waals surface area (Å²) < 4.78 is 0. The zero-order chi connectivity index (χ0) is 12.3. The summed E-state index contributed by atoms with van der Waals surface area (Å²) in [6, 6.07) is 20.3. The van der Waals surface area contributed by atoms with Gasteiger partial charge in [-0.25, -0.2) is 0 Å². The predicted molar refractivity (Wildman–Crippen MR) is 72.8 cm³/mol. The Morgan fingerprint density at radius 2 is 1.00 bits per heavy atom. The maximum absolute atomic E-state index is 4.06. The summed E-state index contributed by atoms with van der Waals surface area (Å²) in [6.45, 7) is 12.2. The second-order valence-electron chi connectivity index (χ2n) is 4.39. The van der Waals surface area contributed by atoms with Crippen LogP contribution in [0.1, 0.15) is 11.1 Å². The van der Waals surface area contributed by atoms with Crippen molar-refractivity contribution >= 4 is 0 Å². The first-order valence-electron chi connectivity index (χ1n) is 5.63. The Morgan fingerprint density at radius 3 is 1.29 bits per heavy atom. The van der Waals surface area contributed by atoms with Crippen LogP contribution in [-0.4, -0.2) is 0 Å².